The molecule has 1 saturated heterocycles. The van der Waals surface area contributed by atoms with Crippen molar-refractivity contribution in [1.82, 2.24) is 9.29 Å². The van der Waals surface area contributed by atoms with Crippen LogP contribution < -0.4 is 11.1 Å². The fourth-order valence-electron chi connectivity index (χ4n) is 2.98. The minimum atomic E-state index is -3.42. The summed E-state index contributed by atoms with van der Waals surface area (Å²) in [7, 11) is -3.42. The zero-order valence-electron chi connectivity index (χ0n) is 14.3. The van der Waals surface area contributed by atoms with Gasteiger partial charge in [-0.1, -0.05) is 30.3 Å². The number of nitrogens with zero attached hydrogens (tertiary/aromatic N) is 2. The number of rotatable bonds is 6. The third kappa shape index (κ3) is 4.00. The van der Waals surface area contributed by atoms with Gasteiger partial charge in [0.15, 0.2) is 0 Å². The summed E-state index contributed by atoms with van der Waals surface area (Å²) in [6.45, 7) is 3.16. The molecule has 1 aliphatic heterocycles. The first-order chi connectivity index (χ1) is 12.0. The van der Waals surface area contributed by atoms with Crippen molar-refractivity contribution in [1.29, 1.82) is 0 Å². The Morgan fingerprint density at radius 3 is 2.40 bits per heavy atom. The van der Waals surface area contributed by atoms with Gasteiger partial charge in [0.2, 0.25) is 10.0 Å². The molecule has 7 heteroatoms. The maximum atomic E-state index is 12.5. The minimum absolute atomic E-state index is 0.0454. The van der Waals surface area contributed by atoms with Gasteiger partial charge in [0, 0.05) is 31.4 Å². The molecule has 1 aromatic carbocycles. The van der Waals surface area contributed by atoms with E-state index in [1.165, 1.54) is 10.5 Å². The second-order valence-corrected chi connectivity index (χ2v) is 8.30. The predicted molar refractivity (Wildman–Crippen MR) is 98.7 cm³/mol. The number of nitrogens with two attached hydrogens (primary N) is 1. The van der Waals surface area contributed by atoms with Crippen LogP contribution in [0.3, 0.4) is 0 Å². The van der Waals surface area contributed by atoms with Gasteiger partial charge in [0.25, 0.3) is 0 Å². The fraction of sp³-hybridized carbons (Fsp3) is 0.389. The molecule has 0 aliphatic carbocycles. The number of hydrogen-bond donors (Lipinski definition) is 2. The second kappa shape index (κ2) is 7.51. The molecular weight excluding hydrogens is 336 g/mol. The molecule has 2 heterocycles. The highest BCUT2D eigenvalue weighted by Gasteiger charge is 2.27. The van der Waals surface area contributed by atoms with Crippen molar-refractivity contribution in [3.05, 3.63) is 54.2 Å². The zero-order chi connectivity index (χ0) is 17.9. The molecule has 1 fully saturated rings. The Morgan fingerprint density at radius 2 is 1.80 bits per heavy atom. The summed E-state index contributed by atoms with van der Waals surface area (Å²) in [5.74, 6) is 0.610. The van der Waals surface area contributed by atoms with E-state index in [-0.39, 0.29) is 17.0 Å². The number of anilines is 1. The quantitative estimate of drug-likeness (QED) is 0.826. The smallest absolute Gasteiger partial charge is 0.244 e. The SMILES string of the molecule is CC(Nc1ccc(S(=O)(=O)N2CCCC2)cn1)C(N)c1ccccc1. The van der Waals surface area contributed by atoms with Gasteiger partial charge >= 0.3 is 0 Å². The average Bonchev–Trinajstić information content (AvgIpc) is 3.18. The van der Waals surface area contributed by atoms with Gasteiger partial charge in [0.05, 0.1) is 0 Å². The molecule has 0 radical (unpaired) electrons. The van der Waals surface area contributed by atoms with Crippen LogP contribution in [-0.4, -0.2) is 36.8 Å². The molecule has 3 rings (SSSR count). The van der Waals surface area contributed by atoms with Crippen molar-refractivity contribution in [2.45, 2.75) is 36.7 Å². The van der Waals surface area contributed by atoms with Gasteiger partial charge < -0.3 is 11.1 Å². The lowest BCUT2D eigenvalue weighted by Crippen LogP contribution is -2.31. The largest absolute Gasteiger partial charge is 0.366 e. The first kappa shape index (κ1) is 17.8. The lowest BCUT2D eigenvalue weighted by Gasteiger charge is -2.22. The van der Waals surface area contributed by atoms with E-state index in [4.69, 9.17) is 5.73 Å². The number of aromatic nitrogens is 1. The number of pyridine rings is 1. The van der Waals surface area contributed by atoms with Crippen LogP contribution in [-0.2, 0) is 10.0 Å². The molecule has 0 saturated carbocycles. The summed E-state index contributed by atoms with van der Waals surface area (Å²) in [6, 6.07) is 12.9. The third-order valence-electron chi connectivity index (χ3n) is 4.54. The highest BCUT2D eigenvalue weighted by molar-refractivity contribution is 7.89. The van der Waals surface area contributed by atoms with Crippen molar-refractivity contribution >= 4 is 15.8 Å². The van der Waals surface area contributed by atoms with Crippen LogP contribution in [0.4, 0.5) is 5.82 Å². The van der Waals surface area contributed by atoms with E-state index >= 15 is 0 Å². The Labute approximate surface area is 149 Å². The molecule has 134 valence electrons. The van der Waals surface area contributed by atoms with Gasteiger partial charge in [-0.3, -0.25) is 0 Å². The molecule has 2 unspecified atom stereocenters. The van der Waals surface area contributed by atoms with E-state index in [2.05, 4.69) is 10.3 Å². The Bertz CT molecular complexity index is 788. The molecular formula is C18H24N4O2S. The average molecular weight is 360 g/mol. The van der Waals surface area contributed by atoms with Gasteiger partial charge in [-0.25, -0.2) is 13.4 Å². The summed E-state index contributed by atoms with van der Waals surface area (Å²) in [5, 5.41) is 3.24. The lowest BCUT2D eigenvalue weighted by atomic mass is 10.0. The van der Waals surface area contributed by atoms with E-state index < -0.39 is 10.0 Å². The van der Waals surface area contributed by atoms with Crippen LogP contribution in [0.25, 0.3) is 0 Å². The number of hydrogen-bond acceptors (Lipinski definition) is 5. The maximum absolute atomic E-state index is 12.5. The van der Waals surface area contributed by atoms with E-state index in [0.29, 0.717) is 18.9 Å². The Hall–Kier alpha value is -1.96. The van der Waals surface area contributed by atoms with Gasteiger partial charge in [-0.05, 0) is 37.5 Å². The minimum Gasteiger partial charge on any atom is -0.366 e. The van der Waals surface area contributed by atoms with Gasteiger partial charge in [0.1, 0.15) is 10.7 Å². The third-order valence-corrected chi connectivity index (χ3v) is 6.42. The Morgan fingerprint density at radius 1 is 1.12 bits per heavy atom. The number of benzene rings is 1. The first-order valence-corrected chi connectivity index (χ1v) is 9.96. The molecule has 2 aromatic rings. The first-order valence-electron chi connectivity index (χ1n) is 8.52. The monoisotopic (exact) mass is 360 g/mol. The maximum Gasteiger partial charge on any atom is 0.244 e. The second-order valence-electron chi connectivity index (χ2n) is 6.36. The Balaban J connectivity index is 1.68. The number of nitrogens with one attached hydrogen (secondary N) is 1. The summed E-state index contributed by atoms with van der Waals surface area (Å²) in [5.41, 5.74) is 7.31. The lowest BCUT2D eigenvalue weighted by molar-refractivity contribution is 0.477. The molecule has 1 aliphatic rings. The standard InChI is InChI=1S/C18H24N4O2S/c1-14(18(19)15-7-3-2-4-8-15)21-17-10-9-16(13-20-17)25(23,24)22-11-5-6-12-22/h2-4,7-10,13-14,18H,5-6,11-12,19H2,1H3,(H,20,21). The molecule has 6 nitrogen and oxygen atoms in total. The van der Waals surface area contributed by atoms with Crippen molar-refractivity contribution in [3.63, 3.8) is 0 Å². The van der Waals surface area contributed by atoms with Crippen LogP contribution in [0.15, 0.2) is 53.6 Å². The zero-order valence-corrected chi connectivity index (χ0v) is 15.1. The van der Waals surface area contributed by atoms with Crippen LogP contribution >= 0.6 is 0 Å². The van der Waals surface area contributed by atoms with Crippen LogP contribution in [0, 0.1) is 0 Å². The highest BCUT2D eigenvalue weighted by atomic mass is 32.2. The molecule has 25 heavy (non-hydrogen) atoms. The summed E-state index contributed by atoms with van der Waals surface area (Å²) >= 11 is 0. The highest BCUT2D eigenvalue weighted by Crippen LogP contribution is 2.22. The van der Waals surface area contributed by atoms with E-state index in [1.807, 2.05) is 37.3 Å². The van der Waals surface area contributed by atoms with E-state index in [1.54, 1.807) is 12.1 Å². The van der Waals surface area contributed by atoms with Crippen LogP contribution in [0.5, 0.6) is 0 Å². The molecule has 2 atom stereocenters. The summed E-state index contributed by atoms with van der Waals surface area (Å²) < 4.78 is 26.5. The van der Waals surface area contributed by atoms with Crippen molar-refractivity contribution in [2.24, 2.45) is 5.73 Å². The van der Waals surface area contributed by atoms with Crippen LogP contribution in [0.2, 0.25) is 0 Å². The topological polar surface area (TPSA) is 88.3 Å². The van der Waals surface area contributed by atoms with Crippen molar-refractivity contribution in [3.8, 4) is 0 Å². The van der Waals surface area contributed by atoms with Gasteiger partial charge in [-0.2, -0.15) is 4.31 Å². The van der Waals surface area contributed by atoms with E-state index in [9.17, 15) is 8.42 Å². The van der Waals surface area contributed by atoms with E-state index in [0.717, 1.165) is 18.4 Å². The molecule has 0 amide bonds. The summed E-state index contributed by atoms with van der Waals surface area (Å²) in [4.78, 5) is 4.50. The Kier molecular flexibility index (Phi) is 5.36. The summed E-state index contributed by atoms with van der Waals surface area (Å²) in [6.07, 6.45) is 3.25. The predicted octanol–water partition coefficient (Wildman–Crippen LogP) is 2.37. The molecule has 1 aromatic heterocycles. The van der Waals surface area contributed by atoms with Crippen molar-refractivity contribution in [2.75, 3.05) is 18.4 Å². The molecule has 3 N–H and O–H groups in total. The molecule has 0 bridgehead atoms. The van der Waals surface area contributed by atoms with Crippen LogP contribution in [0.1, 0.15) is 31.4 Å². The normalized spacial score (nSPS) is 18.0. The molecule has 0 spiro atoms. The number of sulfonamides is 1. The van der Waals surface area contributed by atoms with Crippen molar-refractivity contribution < 1.29 is 8.42 Å². The fourth-order valence-corrected chi connectivity index (χ4v) is 4.45. The van der Waals surface area contributed by atoms with Gasteiger partial charge in [-0.15, -0.1) is 0 Å².